The van der Waals surface area contributed by atoms with Gasteiger partial charge in [0, 0.05) is 77.4 Å². The number of hydrogen-bond acceptors (Lipinski definition) is 4. The number of carbonyl (C=O) groups is 1. The van der Waals surface area contributed by atoms with Gasteiger partial charge in [-0.1, -0.05) is 32.1 Å². The molecule has 0 atom stereocenters. The molecule has 4 fully saturated rings. The van der Waals surface area contributed by atoms with Gasteiger partial charge in [-0.15, -0.1) is 0 Å². The third kappa shape index (κ3) is 6.60. The Bertz CT molecular complexity index is 598. The lowest BCUT2D eigenvalue weighted by Gasteiger charge is -2.39. The highest BCUT2D eigenvalue weighted by molar-refractivity contribution is 5.80. The summed E-state index contributed by atoms with van der Waals surface area (Å²) in [5.74, 6) is 1.67. The van der Waals surface area contributed by atoms with E-state index in [-0.39, 0.29) is 0 Å². The first kappa shape index (κ1) is 23.8. The van der Waals surface area contributed by atoms with Crippen LogP contribution in [0.4, 0.5) is 0 Å². The number of piperidine rings is 1. The molecular formula is C25H46N6O. The minimum atomic E-state index is 0.312. The van der Waals surface area contributed by atoms with Gasteiger partial charge in [0.25, 0.3) is 0 Å². The van der Waals surface area contributed by atoms with Crippen LogP contribution in [0.25, 0.3) is 0 Å². The van der Waals surface area contributed by atoms with E-state index < -0.39 is 0 Å². The van der Waals surface area contributed by atoms with Crippen molar-refractivity contribution in [3.05, 3.63) is 0 Å². The summed E-state index contributed by atoms with van der Waals surface area (Å²) in [6.07, 6.45) is 14.2. The number of piperazine rings is 1. The van der Waals surface area contributed by atoms with Crippen LogP contribution >= 0.6 is 0 Å². The van der Waals surface area contributed by atoms with Gasteiger partial charge in [-0.2, -0.15) is 0 Å². The standard InChI is InChI=1S/C25H46N6O/c1-26-25(28-22-11-14-30(15-12-22)23-9-3-2-4-10-23)27-13-16-29-17-19-31(20-18-29)24(32)21-7-5-6-8-21/h21-23H,2-20H2,1H3,(H2,26,27,28). The van der Waals surface area contributed by atoms with Gasteiger partial charge < -0.3 is 20.4 Å². The number of rotatable bonds is 6. The van der Waals surface area contributed by atoms with E-state index in [9.17, 15) is 4.79 Å². The number of nitrogens with zero attached hydrogens (tertiary/aromatic N) is 4. The van der Waals surface area contributed by atoms with Crippen molar-refractivity contribution in [1.82, 2.24) is 25.3 Å². The number of likely N-dealkylation sites (tertiary alicyclic amines) is 1. The van der Waals surface area contributed by atoms with Gasteiger partial charge in [-0.05, 0) is 38.5 Å². The highest BCUT2D eigenvalue weighted by Gasteiger charge is 2.29. The zero-order valence-electron chi connectivity index (χ0n) is 20.4. The Morgan fingerprint density at radius 3 is 2.16 bits per heavy atom. The third-order valence-corrected chi connectivity index (χ3v) is 8.29. The van der Waals surface area contributed by atoms with Crippen LogP contribution in [0.5, 0.6) is 0 Å². The van der Waals surface area contributed by atoms with Crippen LogP contribution in [0.3, 0.4) is 0 Å². The quantitative estimate of drug-likeness (QED) is 0.484. The maximum Gasteiger partial charge on any atom is 0.225 e. The van der Waals surface area contributed by atoms with Crippen molar-refractivity contribution in [2.24, 2.45) is 10.9 Å². The average molecular weight is 447 g/mol. The number of nitrogens with one attached hydrogen (secondary N) is 2. The largest absolute Gasteiger partial charge is 0.355 e. The van der Waals surface area contributed by atoms with E-state index in [0.717, 1.165) is 64.1 Å². The first-order chi connectivity index (χ1) is 15.7. The molecule has 2 aliphatic carbocycles. The van der Waals surface area contributed by atoms with E-state index in [1.54, 1.807) is 0 Å². The number of aliphatic imine (C=N–C) groups is 1. The van der Waals surface area contributed by atoms with Crippen LogP contribution in [-0.4, -0.2) is 98.1 Å². The smallest absolute Gasteiger partial charge is 0.225 e. The van der Waals surface area contributed by atoms with Crippen molar-refractivity contribution in [3.63, 3.8) is 0 Å². The molecule has 32 heavy (non-hydrogen) atoms. The Kier molecular flexibility index (Phi) is 9.09. The Morgan fingerprint density at radius 2 is 1.50 bits per heavy atom. The van der Waals surface area contributed by atoms with E-state index >= 15 is 0 Å². The van der Waals surface area contributed by atoms with Crippen molar-refractivity contribution in [2.75, 3.05) is 59.4 Å². The van der Waals surface area contributed by atoms with Crippen LogP contribution in [0, 0.1) is 5.92 Å². The van der Waals surface area contributed by atoms with Gasteiger partial charge in [-0.3, -0.25) is 14.7 Å². The van der Waals surface area contributed by atoms with Crippen LogP contribution in [0.2, 0.25) is 0 Å². The molecule has 4 aliphatic rings. The molecule has 2 saturated carbocycles. The molecule has 0 aromatic heterocycles. The zero-order valence-corrected chi connectivity index (χ0v) is 20.4. The van der Waals surface area contributed by atoms with Crippen molar-refractivity contribution in [3.8, 4) is 0 Å². The first-order valence-corrected chi connectivity index (χ1v) is 13.5. The normalized spacial score (nSPS) is 25.9. The van der Waals surface area contributed by atoms with E-state index in [1.807, 2.05) is 7.05 Å². The van der Waals surface area contributed by atoms with Gasteiger partial charge >= 0.3 is 0 Å². The second-order valence-electron chi connectivity index (χ2n) is 10.4. The van der Waals surface area contributed by atoms with Crippen molar-refractivity contribution >= 4 is 11.9 Å². The molecule has 0 aromatic carbocycles. The summed E-state index contributed by atoms with van der Waals surface area (Å²) in [6, 6.07) is 1.38. The predicted molar refractivity (Wildman–Crippen MR) is 131 cm³/mol. The Labute approximate surface area is 195 Å². The summed E-state index contributed by atoms with van der Waals surface area (Å²) in [7, 11) is 1.87. The molecule has 7 nitrogen and oxygen atoms in total. The minimum absolute atomic E-state index is 0.312. The zero-order chi connectivity index (χ0) is 22.2. The predicted octanol–water partition coefficient (Wildman–Crippen LogP) is 2.28. The summed E-state index contributed by atoms with van der Waals surface area (Å²) < 4.78 is 0. The molecular weight excluding hydrogens is 400 g/mol. The van der Waals surface area contributed by atoms with Crippen molar-refractivity contribution in [2.45, 2.75) is 82.7 Å². The number of amides is 1. The fraction of sp³-hybridized carbons (Fsp3) is 0.920. The van der Waals surface area contributed by atoms with Crippen molar-refractivity contribution < 1.29 is 4.79 Å². The molecule has 2 aliphatic heterocycles. The first-order valence-electron chi connectivity index (χ1n) is 13.5. The van der Waals surface area contributed by atoms with Gasteiger partial charge in [0.15, 0.2) is 5.96 Å². The fourth-order valence-electron chi connectivity index (χ4n) is 6.20. The molecule has 4 rings (SSSR count). The maximum absolute atomic E-state index is 12.6. The minimum Gasteiger partial charge on any atom is -0.355 e. The van der Waals surface area contributed by atoms with Crippen LogP contribution < -0.4 is 10.6 Å². The molecule has 0 aromatic rings. The number of carbonyl (C=O) groups excluding carboxylic acids is 1. The highest BCUT2D eigenvalue weighted by atomic mass is 16.2. The molecule has 7 heteroatoms. The van der Waals surface area contributed by atoms with Gasteiger partial charge in [-0.25, -0.2) is 0 Å². The molecule has 1 amide bonds. The molecule has 2 saturated heterocycles. The van der Waals surface area contributed by atoms with Crippen LogP contribution in [-0.2, 0) is 4.79 Å². The lowest BCUT2D eigenvalue weighted by atomic mass is 9.92. The van der Waals surface area contributed by atoms with Gasteiger partial charge in [0.2, 0.25) is 5.91 Å². The third-order valence-electron chi connectivity index (χ3n) is 8.29. The summed E-state index contributed by atoms with van der Waals surface area (Å²) in [5, 5.41) is 7.18. The number of guanidine groups is 1. The molecule has 0 unspecified atom stereocenters. The maximum atomic E-state index is 12.6. The fourth-order valence-corrected chi connectivity index (χ4v) is 6.20. The molecule has 2 heterocycles. The molecule has 0 radical (unpaired) electrons. The lowest BCUT2D eigenvalue weighted by Crippen LogP contribution is -2.53. The molecule has 0 spiro atoms. The Hall–Kier alpha value is -1.34. The van der Waals surface area contributed by atoms with Crippen LogP contribution in [0.1, 0.15) is 70.6 Å². The van der Waals surface area contributed by atoms with E-state index in [0.29, 0.717) is 17.9 Å². The van der Waals surface area contributed by atoms with Crippen molar-refractivity contribution in [1.29, 1.82) is 0 Å². The monoisotopic (exact) mass is 446 g/mol. The topological polar surface area (TPSA) is 63.2 Å². The second kappa shape index (κ2) is 12.2. The summed E-state index contributed by atoms with van der Waals surface area (Å²) >= 11 is 0. The van der Waals surface area contributed by atoms with E-state index in [2.05, 4.69) is 30.3 Å². The summed E-state index contributed by atoms with van der Waals surface area (Å²) in [6.45, 7) is 8.12. The number of hydrogen-bond donors (Lipinski definition) is 2. The lowest BCUT2D eigenvalue weighted by molar-refractivity contribution is -0.137. The molecule has 182 valence electrons. The highest BCUT2D eigenvalue weighted by Crippen LogP contribution is 2.27. The van der Waals surface area contributed by atoms with Gasteiger partial charge in [0.05, 0.1) is 0 Å². The van der Waals surface area contributed by atoms with Gasteiger partial charge in [0.1, 0.15) is 0 Å². The summed E-state index contributed by atoms with van der Waals surface area (Å²) in [4.78, 5) is 24.4. The van der Waals surface area contributed by atoms with E-state index in [4.69, 9.17) is 0 Å². The Morgan fingerprint density at radius 1 is 0.844 bits per heavy atom. The molecule has 0 bridgehead atoms. The second-order valence-corrected chi connectivity index (χ2v) is 10.4. The SMILES string of the molecule is CN=C(NCCN1CCN(C(=O)C2CCCC2)CC1)NC1CCN(C2CCCCC2)CC1. The summed E-state index contributed by atoms with van der Waals surface area (Å²) in [5.41, 5.74) is 0. The Balaban J connectivity index is 1.09. The van der Waals surface area contributed by atoms with E-state index in [1.165, 1.54) is 70.9 Å². The van der Waals surface area contributed by atoms with Crippen LogP contribution in [0.15, 0.2) is 4.99 Å². The molecule has 2 N–H and O–H groups in total. The average Bonchev–Trinajstić information content (AvgIpc) is 3.39.